The van der Waals surface area contributed by atoms with Gasteiger partial charge in [0.15, 0.2) is 6.61 Å². The number of hydrogen-bond acceptors (Lipinski definition) is 5. The Morgan fingerprint density at radius 2 is 1.93 bits per heavy atom. The highest BCUT2D eigenvalue weighted by Gasteiger charge is 2.09. The minimum atomic E-state index is -0.375. The number of carbonyl (C=O) groups is 2. The Kier molecular flexibility index (Phi) is 6.01. The summed E-state index contributed by atoms with van der Waals surface area (Å²) >= 11 is 0. The fraction of sp³-hybridized carbons (Fsp3) is 0.200. The van der Waals surface area contributed by atoms with Crippen molar-refractivity contribution >= 4 is 28.4 Å². The van der Waals surface area contributed by atoms with Gasteiger partial charge in [0.25, 0.3) is 11.5 Å². The lowest BCUT2D eigenvalue weighted by molar-refractivity contribution is -0.123. The lowest BCUT2D eigenvalue weighted by Gasteiger charge is -2.10. The lowest BCUT2D eigenvalue weighted by atomic mass is 10.2. The molecule has 8 heteroatoms. The number of fused-ring (bicyclic) bond motifs is 1. The molecule has 0 aliphatic rings. The van der Waals surface area contributed by atoms with Gasteiger partial charge in [-0.2, -0.15) is 0 Å². The molecular weight excluding hydrogens is 360 g/mol. The highest BCUT2D eigenvalue weighted by atomic mass is 16.5. The molecule has 0 saturated carbocycles. The van der Waals surface area contributed by atoms with E-state index in [-0.39, 0.29) is 30.5 Å². The van der Waals surface area contributed by atoms with Crippen LogP contribution in [0.2, 0.25) is 0 Å². The van der Waals surface area contributed by atoms with Crippen molar-refractivity contribution in [1.29, 1.82) is 0 Å². The summed E-state index contributed by atoms with van der Waals surface area (Å²) in [5.41, 5.74) is 0.807. The van der Waals surface area contributed by atoms with Gasteiger partial charge in [-0.1, -0.05) is 18.2 Å². The molecule has 28 heavy (non-hydrogen) atoms. The highest BCUT2D eigenvalue weighted by Crippen LogP contribution is 2.17. The summed E-state index contributed by atoms with van der Waals surface area (Å²) in [4.78, 5) is 40.4. The van der Waals surface area contributed by atoms with E-state index in [0.29, 0.717) is 28.9 Å². The van der Waals surface area contributed by atoms with Crippen molar-refractivity contribution in [3.05, 3.63) is 65.2 Å². The second kappa shape index (κ2) is 8.81. The first-order chi connectivity index (χ1) is 13.6. The Morgan fingerprint density at radius 1 is 1.11 bits per heavy atom. The van der Waals surface area contributed by atoms with Crippen LogP contribution in [-0.2, 0) is 16.1 Å². The summed E-state index contributed by atoms with van der Waals surface area (Å²) in [5.74, 6) is -0.145. The van der Waals surface area contributed by atoms with Gasteiger partial charge in [-0.25, -0.2) is 4.98 Å². The van der Waals surface area contributed by atoms with Crippen LogP contribution >= 0.6 is 0 Å². The average Bonchev–Trinajstić information content (AvgIpc) is 2.69. The zero-order valence-electron chi connectivity index (χ0n) is 15.3. The van der Waals surface area contributed by atoms with Crippen molar-refractivity contribution in [2.45, 2.75) is 13.5 Å². The van der Waals surface area contributed by atoms with Crippen molar-refractivity contribution in [3.63, 3.8) is 0 Å². The average molecular weight is 380 g/mol. The molecule has 0 atom stereocenters. The first-order valence-electron chi connectivity index (χ1n) is 8.80. The molecule has 144 valence electrons. The predicted molar refractivity (Wildman–Crippen MR) is 105 cm³/mol. The van der Waals surface area contributed by atoms with E-state index in [1.54, 1.807) is 48.5 Å². The zero-order chi connectivity index (χ0) is 19.9. The number of aromatic nitrogens is 2. The monoisotopic (exact) mass is 380 g/mol. The van der Waals surface area contributed by atoms with Crippen LogP contribution in [0.4, 0.5) is 5.69 Å². The molecule has 3 rings (SSSR count). The highest BCUT2D eigenvalue weighted by molar-refractivity contribution is 5.91. The molecule has 0 unspecified atom stereocenters. The van der Waals surface area contributed by atoms with Gasteiger partial charge in [0.1, 0.15) is 12.3 Å². The summed E-state index contributed by atoms with van der Waals surface area (Å²) in [5, 5.41) is 5.80. The minimum absolute atomic E-state index is 0.108. The molecule has 1 heterocycles. The molecule has 0 spiro atoms. The van der Waals surface area contributed by atoms with Crippen molar-refractivity contribution in [2.75, 3.05) is 18.5 Å². The maximum Gasteiger partial charge on any atom is 0.261 e. The van der Waals surface area contributed by atoms with Crippen LogP contribution < -0.4 is 20.9 Å². The smallest absolute Gasteiger partial charge is 0.261 e. The van der Waals surface area contributed by atoms with Crippen LogP contribution in [0.1, 0.15) is 6.92 Å². The lowest BCUT2D eigenvalue weighted by Crippen LogP contribution is -2.28. The Labute approximate surface area is 161 Å². The van der Waals surface area contributed by atoms with Crippen LogP contribution in [0.3, 0.4) is 0 Å². The van der Waals surface area contributed by atoms with E-state index in [0.717, 1.165) is 0 Å². The number of nitrogens with one attached hydrogen (secondary N) is 2. The molecule has 0 radical (unpaired) electrons. The van der Waals surface area contributed by atoms with Crippen molar-refractivity contribution < 1.29 is 14.3 Å². The molecule has 2 N–H and O–H groups in total. The topological polar surface area (TPSA) is 102 Å². The second-order valence-corrected chi connectivity index (χ2v) is 6.01. The number of benzene rings is 2. The first kappa shape index (κ1) is 19.1. The maximum atomic E-state index is 12.5. The fourth-order valence-corrected chi connectivity index (χ4v) is 2.63. The van der Waals surface area contributed by atoms with Gasteiger partial charge in [0.2, 0.25) is 5.91 Å². The van der Waals surface area contributed by atoms with E-state index in [2.05, 4.69) is 15.6 Å². The minimum Gasteiger partial charge on any atom is -0.484 e. The predicted octanol–water partition coefficient (Wildman–Crippen LogP) is 1.55. The number of rotatable bonds is 7. The summed E-state index contributed by atoms with van der Waals surface area (Å²) in [6.45, 7) is 2.08. The van der Waals surface area contributed by atoms with Gasteiger partial charge in [0, 0.05) is 18.3 Å². The standard InChI is InChI=1S/C20H20N4O4/c1-2-21-19(26)12-28-15-7-5-6-14(10-15)23-18(25)11-24-13-22-17-9-4-3-8-16(17)20(24)27/h3-10,13H,2,11-12H2,1H3,(H,21,26)(H,23,25). The molecule has 0 aliphatic carbocycles. The molecule has 0 aliphatic heterocycles. The molecule has 3 aromatic rings. The second-order valence-electron chi connectivity index (χ2n) is 6.01. The number of carbonyl (C=O) groups excluding carboxylic acids is 2. The van der Waals surface area contributed by atoms with Crippen molar-refractivity contribution in [2.24, 2.45) is 0 Å². The quantitative estimate of drug-likeness (QED) is 0.647. The van der Waals surface area contributed by atoms with Crippen LogP contribution in [0, 0.1) is 0 Å². The summed E-state index contributed by atoms with van der Waals surface area (Å²) < 4.78 is 6.66. The Morgan fingerprint density at radius 3 is 2.75 bits per heavy atom. The molecule has 0 fully saturated rings. The molecule has 1 aromatic heterocycles. The number of anilines is 1. The van der Waals surface area contributed by atoms with Gasteiger partial charge in [-0.15, -0.1) is 0 Å². The van der Waals surface area contributed by atoms with Crippen LogP contribution in [-0.4, -0.2) is 34.5 Å². The van der Waals surface area contributed by atoms with E-state index in [4.69, 9.17) is 4.74 Å². The fourth-order valence-electron chi connectivity index (χ4n) is 2.63. The van der Waals surface area contributed by atoms with E-state index >= 15 is 0 Å². The number of ether oxygens (including phenoxy) is 1. The van der Waals surface area contributed by atoms with Crippen molar-refractivity contribution in [1.82, 2.24) is 14.9 Å². The Bertz CT molecular complexity index is 1060. The van der Waals surface area contributed by atoms with Gasteiger partial charge < -0.3 is 15.4 Å². The third-order valence-electron chi connectivity index (χ3n) is 3.91. The normalized spacial score (nSPS) is 10.5. The van der Waals surface area contributed by atoms with Gasteiger partial charge in [-0.3, -0.25) is 19.0 Å². The van der Waals surface area contributed by atoms with Gasteiger partial charge in [-0.05, 0) is 31.2 Å². The Hall–Kier alpha value is -3.68. The molecule has 0 saturated heterocycles. The van der Waals surface area contributed by atoms with Crippen LogP contribution in [0.5, 0.6) is 5.75 Å². The van der Waals surface area contributed by atoms with Gasteiger partial charge >= 0.3 is 0 Å². The van der Waals surface area contributed by atoms with E-state index in [1.165, 1.54) is 10.9 Å². The molecular formula is C20H20N4O4. The number of amides is 2. The third kappa shape index (κ3) is 4.73. The molecule has 0 bridgehead atoms. The maximum absolute atomic E-state index is 12.5. The van der Waals surface area contributed by atoms with Gasteiger partial charge in [0.05, 0.1) is 17.2 Å². The zero-order valence-corrected chi connectivity index (χ0v) is 15.3. The number of nitrogens with zero attached hydrogens (tertiary/aromatic N) is 2. The van der Waals surface area contributed by atoms with E-state index < -0.39 is 0 Å². The summed E-state index contributed by atoms with van der Waals surface area (Å²) in [7, 11) is 0. The largest absolute Gasteiger partial charge is 0.484 e. The van der Waals surface area contributed by atoms with Crippen LogP contribution in [0.25, 0.3) is 10.9 Å². The molecule has 8 nitrogen and oxygen atoms in total. The van der Waals surface area contributed by atoms with E-state index in [1.807, 2.05) is 6.92 Å². The van der Waals surface area contributed by atoms with Crippen molar-refractivity contribution in [3.8, 4) is 5.75 Å². The third-order valence-corrected chi connectivity index (χ3v) is 3.91. The molecule has 2 aromatic carbocycles. The summed E-state index contributed by atoms with van der Waals surface area (Å²) in [6.07, 6.45) is 1.36. The number of hydrogen-bond donors (Lipinski definition) is 2. The first-order valence-corrected chi connectivity index (χ1v) is 8.80. The number of para-hydroxylation sites is 1. The Balaban J connectivity index is 1.65. The molecule has 2 amide bonds. The van der Waals surface area contributed by atoms with Crippen LogP contribution in [0.15, 0.2) is 59.7 Å². The summed E-state index contributed by atoms with van der Waals surface area (Å²) in [6, 6.07) is 13.7. The van der Waals surface area contributed by atoms with E-state index in [9.17, 15) is 14.4 Å². The SMILES string of the molecule is CCNC(=O)COc1cccc(NC(=O)Cn2cnc3ccccc3c2=O)c1. The number of likely N-dealkylation sites (N-methyl/N-ethyl adjacent to an activating group) is 1.